The van der Waals surface area contributed by atoms with E-state index in [0.29, 0.717) is 25.2 Å². The molecule has 8 nitrogen and oxygen atoms in total. The number of amides is 3. The van der Waals surface area contributed by atoms with Crippen LogP contribution in [0.3, 0.4) is 0 Å². The number of hydrogen-bond donors (Lipinski definition) is 2. The standard InChI is InChI=1S/C19H28N4O4/c1-19(2,3)27-18(26)22-11-10-21-16(24)15-5-4-12-23(13-15)17(25)14-6-8-20-9-7-14/h6-9,15H,4-5,10-13H2,1-3H3,(H,21,24)(H,22,26). The van der Waals surface area contributed by atoms with E-state index in [-0.39, 0.29) is 24.3 Å². The van der Waals surface area contributed by atoms with Gasteiger partial charge in [0.2, 0.25) is 5.91 Å². The number of piperidine rings is 1. The average Bonchev–Trinajstić information content (AvgIpc) is 2.64. The second-order valence-corrected chi connectivity index (χ2v) is 7.55. The lowest BCUT2D eigenvalue weighted by atomic mass is 9.96. The molecule has 3 amide bonds. The summed E-state index contributed by atoms with van der Waals surface area (Å²) in [5.41, 5.74) is 0.0212. The molecule has 0 saturated carbocycles. The summed E-state index contributed by atoms with van der Waals surface area (Å²) in [4.78, 5) is 42.1. The maximum absolute atomic E-state index is 12.5. The Labute approximate surface area is 159 Å². The highest BCUT2D eigenvalue weighted by molar-refractivity contribution is 5.94. The molecule has 148 valence electrons. The molecule has 0 spiro atoms. The summed E-state index contributed by atoms with van der Waals surface area (Å²) >= 11 is 0. The van der Waals surface area contributed by atoms with Gasteiger partial charge in [0, 0.05) is 44.1 Å². The van der Waals surface area contributed by atoms with Gasteiger partial charge >= 0.3 is 6.09 Å². The minimum Gasteiger partial charge on any atom is -0.444 e. The van der Waals surface area contributed by atoms with E-state index in [9.17, 15) is 14.4 Å². The molecule has 1 aliphatic heterocycles. The number of nitrogens with zero attached hydrogens (tertiary/aromatic N) is 2. The molecule has 2 heterocycles. The van der Waals surface area contributed by atoms with Crippen LogP contribution in [0.4, 0.5) is 4.79 Å². The lowest BCUT2D eigenvalue weighted by Gasteiger charge is -2.32. The molecule has 1 aromatic rings. The monoisotopic (exact) mass is 376 g/mol. The molecular weight excluding hydrogens is 348 g/mol. The molecular formula is C19H28N4O4. The van der Waals surface area contributed by atoms with E-state index in [1.807, 2.05) is 0 Å². The minimum atomic E-state index is -0.555. The normalized spacial score (nSPS) is 17.1. The fourth-order valence-corrected chi connectivity index (χ4v) is 2.86. The number of aromatic nitrogens is 1. The van der Waals surface area contributed by atoms with Gasteiger partial charge < -0.3 is 20.3 Å². The van der Waals surface area contributed by atoms with E-state index in [0.717, 1.165) is 12.8 Å². The average molecular weight is 376 g/mol. The van der Waals surface area contributed by atoms with E-state index < -0.39 is 11.7 Å². The Hall–Kier alpha value is -2.64. The van der Waals surface area contributed by atoms with Crippen molar-refractivity contribution < 1.29 is 19.1 Å². The zero-order chi connectivity index (χ0) is 19.9. The zero-order valence-corrected chi connectivity index (χ0v) is 16.2. The summed E-state index contributed by atoms with van der Waals surface area (Å²) in [6.07, 6.45) is 4.18. The first-order valence-electron chi connectivity index (χ1n) is 9.20. The smallest absolute Gasteiger partial charge is 0.407 e. The zero-order valence-electron chi connectivity index (χ0n) is 16.2. The second kappa shape index (κ2) is 9.34. The van der Waals surface area contributed by atoms with Gasteiger partial charge in [-0.3, -0.25) is 14.6 Å². The van der Waals surface area contributed by atoms with Crippen LogP contribution in [0.2, 0.25) is 0 Å². The van der Waals surface area contributed by atoms with Crippen molar-refractivity contribution in [3.05, 3.63) is 30.1 Å². The maximum Gasteiger partial charge on any atom is 0.407 e. The summed E-state index contributed by atoms with van der Waals surface area (Å²) in [6.45, 7) is 7.00. The third kappa shape index (κ3) is 6.88. The van der Waals surface area contributed by atoms with Crippen LogP contribution in [0.5, 0.6) is 0 Å². The summed E-state index contributed by atoms with van der Waals surface area (Å²) < 4.78 is 5.13. The van der Waals surface area contributed by atoms with Crippen molar-refractivity contribution in [3.8, 4) is 0 Å². The van der Waals surface area contributed by atoms with Crippen molar-refractivity contribution in [1.82, 2.24) is 20.5 Å². The van der Waals surface area contributed by atoms with Crippen molar-refractivity contribution in [2.45, 2.75) is 39.2 Å². The Bertz CT molecular complexity index is 657. The highest BCUT2D eigenvalue weighted by Gasteiger charge is 2.28. The number of nitrogens with one attached hydrogen (secondary N) is 2. The van der Waals surface area contributed by atoms with Gasteiger partial charge in [0.25, 0.3) is 5.91 Å². The Kier molecular flexibility index (Phi) is 7.15. The van der Waals surface area contributed by atoms with Crippen molar-refractivity contribution in [2.24, 2.45) is 5.92 Å². The summed E-state index contributed by atoms with van der Waals surface area (Å²) in [5, 5.41) is 5.41. The quantitative estimate of drug-likeness (QED) is 0.760. The van der Waals surface area contributed by atoms with E-state index in [4.69, 9.17) is 4.74 Å². The molecule has 1 aromatic heterocycles. The fourth-order valence-electron chi connectivity index (χ4n) is 2.86. The molecule has 2 N–H and O–H groups in total. The third-order valence-electron chi connectivity index (χ3n) is 4.10. The summed E-state index contributed by atoms with van der Waals surface area (Å²) in [6, 6.07) is 3.35. The first kappa shape index (κ1) is 20.7. The van der Waals surface area contributed by atoms with Crippen LogP contribution in [0.25, 0.3) is 0 Å². The van der Waals surface area contributed by atoms with Crippen LogP contribution in [0, 0.1) is 5.92 Å². The molecule has 8 heteroatoms. The highest BCUT2D eigenvalue weighted by atomic mass is 16.6. The number of pyridine rings is 1. The second-order valence-electron chi connectivity index (χ2n) is 7.55. The van der Waals surface area contributed by atoms with Crippen LogP contribution in [0.15, 0.2) is 24.5 Å². The van der Waals surface area contributed by atoms with Crippen LogP contribution in [0.1, 0.15) is 44.0 Å². The molecule has 1 saturated heterocycles. The van der Waals surface area contributed by atoms with Crippen molar-refractivity contribution in [2.75, 3.05) is 26.2 Å². The summed E-state index contributed by atoms with van der Waals surface area (Å²) in [7, 11) is 0. The molecule has 1 aliphatic rings. The Morgan fingerprint density at radius 3 is 2.52 bits per heavy atom. The van der Waals surface area contributed by atoms with Crippen molar-refractivity contribution in [3.63, 3.8) is 0 Å². The Balaban J connectivity index is 1.75. The number of hydrogen-bond acceptors (Lipinski definition) is 5. The molecule has 0 radical (unpaired) electrons. The molecule has 1 unspecified atom stereocenters. The van der Waals surface area contributed by atoms with Gasteiger partial charge in [-0.2, -0.15) is 0 Å². The van der Waals surface area contributed by atoms with Crippen LogP contribution >= 0.6 is 0 Å². The number of carbonyl (C=O) groups excluding carboxylic acids is 3. The number of likely N-dealkylation sites (tertiary alicyclic amines) is 1. The predicted octanol–water partition coefficient (Wildman–Crippen LogP) is 1.57. The fraction of sp³-hybridized carbons (Fsp3) is 0.579. The Morgan fingerprint density at radius 1 is 1.19 bits per heavy atom. The molecule has 0 aromatic carbocycles. The SMILES string of the molecule is CC(C)(C)OC(=O)NCCNC(=O)C1CCCN(C(=O)c2ccncc2)C1. The van der Waals surface area contributed by atoms with E-state index in [1.54, 1.807) is 50.2 Å². The number of ether oxygens (including phenoxy) is 1. The van der Waals surface area contributed by atoms with Crippen molar-refractivity contribution >= 4 is 17.9 Å². The van der Waals surface area contributed by atoms with E-state index >= 15 is 0 Å². The Morgan fingerprint density at radius 2 is 1.85 bits per heavy atom. The highest BCUT2D eigenvalue weighted by Crippen LogP contribution is 2.18. The van der Waals surface area contributed by atoms with E-state index in [1.165, 1.54) is 0 Å². The van der Waals surface area contributed by atoms with Crippen LogP contribution in [-0.4, -0.2) is 59.6 Å². The van der Waals surface area contributed by atoms with Gasteiger partial charge in [-0.15, -0.1) is 0 Å². The topological polar surface area (TPSA) is 101 Å². The van der Waals surface area contributed by atoms with Gasteiger partial charge in [0.05, 0.1) is 5.92 Å². The van der Waals surface area contributed by atoms with Gasteiger partial charge in [-0.1, -0.05) is 0 Å². The van der Waals surface area contributed by atoms with Crippen LogP contribution in [-0.2, 0) is 9.53 Å². The molecule has 1 atom stereocenters. The summed E-state index contributed by atoms with van der Waals surface area (Å²) in [5.74, 6) is -0.430. The third-order valence-corrected chi connectivity index (χ3v) is 4.10. The lowest BCUT2D eigenvalue weighted by Crippen LogP contribution is -2.46. The van der Waals surface area contributed by atoms with Gasteiger partial charge in [0.1, 0.15) is 5.60 Å². The number of rotatable bonds is 5. The molecule has 2 rings (SSSR count). The first-order chi connectivity index (χ1) is 12.8. The number of carbonyl (C=O) groups is 3. The van der Waals surface area contributed by atoms with Crippen molar-refractivity contribution in [1.29, 1.82) is 0 Å². The largest absolute Gasteiger partial charge is 0.444 e. The maximum atomic E-state index is 12.5. The molecule has 1 fully saturated rings. The minimum absolute atomic E-state index is 0.0820. The lowest BCUT2D eigenvalue weighted by molar-refractivity contribution is -0.126. The van der Waals surface area contributed by atoms with Gasteiger partial charge in [-0.25, -0.2) is 4.79 Å². The van der Waals surface area contributed by atoms with Crippen LogP contribution < -0.4 is 10.6 Å². The molecule has 0 bridgehead atoms. The molecule has 27 heavy (non-hydrogen) atoms. The van der Waals surface area contributed by atoms with E-state index in [2.05, 4.69) is 15.6 Å². The van der Waals surface area contributed by atoms with Gasteiger partial charge in [0.15, 0.2) is 0 Å². The molecule has 0 aliphatic carbocycles. The predicted molar refractivity (Wildman–Crippen MR) is 100 cm³/mol. The first-order valence-corrected chi connectivity index (χ1v) is 9.20. The van der Waals surface area contributed by atoms with Gasteiger partial charge in [-0.05, 0) is 45.7 Å². The number of alkyl carbamates (subject to hydrolysis) is 1.